The Morgan fingerprint density at radius 2 is 1.76 bits per heavy atom. The maximum atomic E-state index is 13.3. The van der Waals surface area contributed by atoms with Gasteiger partial charge in [-0.2, -0.15) is 0 Å². The summed E-state index contributed by atoms with van der Waals surface area (Å²) in [7, 11) is 0. The van der Waals surface area contributed by atoms with Crippen LogP contribution in [0.4, 0.5) is 15.8 Å². The van der Waals surface area contributed by atoms with Crippen molar-refractivity contribution in [2.45, 2.75) is 46.6 Å². The van der Waals surface area contributed by atoms with E-state index in [1.54, 1.807) is 6.07 Å². The molecule has 0 saturated heterocycles. The molecular weight excluding hydrogens is 215 g/mol. The lowest BCUT2D eigenvalue weighted by atomic mass is 9.81. The molecule has 0 atom stereocenters. The molecule has 1 aromatic rings. The van der Waals surface area contributed by atoms with Crippen LogP contribution in [0.5, 0.6) is 0 Å². The smallest absolute Gasteiger partial charge is 0.148 e. The third kappa shape index (κ3) is 4.25. The molecule has 0 aromatic heterocycles. The number of para-hydroxylation sites is 1. The van der Waals surface area contributed by atoms with Gasteiger partial charge in [-0.15, -0.1) is 0 Å². The summed E-state index contributed by atoms with van der Waals surface area (Å²) in [6.45, 7) is 10.8. The molecule has 0 radical (unpaired) electrons. The summed E-state index contributed by atoms with van der Waals surface area (Å²) in [5.41, 5.74) is 6.65. The Morgan fingerprint density at radius 1 is 1.18 bits per heavy atom. The maximum absolute atomic E-state index is 13.3. The van der Waals surface area contributed by atoms with Crippen LogP contribution in [0.2, 0.25) is 0 Å². The van der Waals surface area contributed by atoms with Crippen LogP contribution in [0.1, 0.15) is 41.0 Å². The Labute approximate surface area is 103 Å². The molecule has 0 unspecified atom stereocenters. The predicted molar refractivity (Wildman–Crippen MR) is 72.6 cm³/mol. The van der Waals surface area contributed by atoms with E-state index in [0.29, 0.717) is 5.69 Å². The Balaban J connectivity index is 2.87. The molecule has 0 bridgehead atoms. The van der Waals surface area contributed by atoms with Gasteiger partial charge in [-0.3, -0.25) is 0 Å². The monoisotopic (exact) mass is 238 g/mol. The molecule has 0 aliphatic carbocycles. The number of benzene rings is 1. The molecule has 0 aliphatic rings. The quantitative estimate of drug-likeness (QED) is 0.780. The van der Waals surface area contributed by atoms with Crippen molar-refractivity contribution in [1.29, 1.82) is 0 Å². The van der Waals surface area contributed by atoms with Crippen LogP contribution < -0.4 is 11.1 Å². The van der Waals surface area contributed by atoms with Gasteiger partial charge in [-0.05, 0) is 37.8 Å². The molecule has 96 valence electrons. The Hall–Kier alpha value is -1.25. The molecular formula is C14H23FN2. The minimum absolute atomic E-state index is 0.125. The number of anilines is 2. The van der Waals surface area contributed by atoms with Gasteiger partial charge in [-0.1, -0.05) is 26.8 Å². The number of hydrogen-bond donors (Lipinski definition) is 2. The molecule has 2 nitrogen and oxygen atoms in total. The van der Waals surface area contributed by atoms with Crippen molar-refractivity contribution < 1.29 is 4.39 Å². The predicted octanol–water partition coefficient (Wildman–Crippen LogP) is 4.03. The van der Waals surface area contributed by atoms with E-state index in [1.807, 2.05) is 6.07 Å². The lowest BCUT2D eigenvalue weighted by molar-refractivity contribution is 0.302. The molecule has 17 heavy (non-hydrogen) atoms. The van der Waals surface area contributed by atoms with Gasteiger partial charge in [0.15, 0.2) is 0 Å². The molecule has 3 N–H and O–H groups in total. The normalized spacial score (nSPS) is 12.6. The first-order chi connectivity index (χ1) is 7.61. The van der Waals surface area contributed by atoms with Crippen molar-refractivity contribution in [3.05, 3.63) is 24.0 Å². The first-order valence-electron chi connectivity index (χ1n) is 5.93. The maximum Gasteiger partial charge on any atom is 0.148 e. The second-order valence-corrected chi connectivity index (χ2v) is 6.45. The first-order valence-corrected chi connectivity index (χ1v) is 5.93. The minimum atomic E-state index is -0.374. The summed E-state index contributed by atoms with van der Waals surface area (Å²) < 4.78 is 13.3. The van der Waals surface area contributed by atoms with E-state index in [1.165, 1.54) is 6.07 Å². The average Bonchev–Trinajstić information content (AvgIpc) is 2.08. The van der Waals surface area contributed by atoms with Crippen LogP contribution in [0, 0.1) is 11.2 Å². The third-order valence-electron chi connectivity index (χ3n) is 2.50. The molecule has 0 amide bonds. The zero-order valence-electron chi connectivity index (χ0n) is 11.4. The third-order valence-corrected chi connectivity index (χ3v) is 2.50. The van der Waals surface area contributed by atoms with Gasteiger partial charge < -0.3 is 11.1 Å². The fraction of sp³-hybridized carbons (Fsp3) is 0.571. The van der Waals surface area contributed by atoms with Crippen molar-refractivity contribution >= 4 is 11.4 Å². The highest BCUT2D eigenvalue weighted by Crippen LogP contribution is 2.31. The standard InChI is InChI=1S/C14H23FN2/c1-13(2,3)9-14(4,5)17-11-8-6-7-10(15)12(11)16/h6-8,17H,9,16H2,1-5H3. The Kier molecular flexibility index (Phi) is 3.70. The first kappa shape index (κ1) is 13.8. The van der Waals surface area contributed by atoms with Gasteiger partial charge in [0.05, 0.1) is 11.4 Å². The highest BCUT2D eigenvalue weighted by molar-refractivity contribution is 5.67. The Morgan fingerprint density at radius 3 is 2.29 bits per heavy atom. The summed E-state index contributed by atoms with van der Waals surface area (Å²) in [5.74, 6) is -0.374. The van der Waals surface area contributed by atoms with E-state index in [9.17, 15) is 4.39 Å². The SMILES string of the molecule is CC(C)(C)CC(C)(C)Nc1cccc(F)c1N. The zero-order chi connectivity index (χ0) is 13.3. The van der Waals surface area contributed by atoms with E-state index in [4.69, 9.17) is 5.73 Å². The zero-order valence-corrected chi connectivity index (χ0v) is 11.4. The van der Waals surface area contributed by atoms with Gasteiger partial charge in [0.1, 0.15) is 5.82 Å². The Bertz CT molecular complexity index is 392. The highest BCUT2D eigenvalue weighted by atomic mass is 19.1. The van der Waals surface area contributed by atoms with Crippen LogP contribution in [0.15, 0.2) is 18.2 Å². The number of nitrogens with one attached hydrogen (secondary N) is 1. The minimum Gasteiger partial charge on any atom is -0.395 e. The van der Waals surface area contributed by atoms with Crippen LogP contribution in [0.3, 0.4) is 0 Å². The van der Waals surface area contributed by atoms with Crippen molar-refractivity contribution in [2.75, 3.05) is 11.1 Å². The second-order valence-electron chi connectivity index (χ2n) is 6.45. The molecule has 3 heteroatoms. The van der Waals surface area contributed by atoms with Crippen LogP contribution in [0.25, 0.3) is 0 Å². The molecule has 1 aromatic carbocycles. The second kappa shape index (κ2) is 4.55. The van der Waals surface area contributed by atoms with Crippen molar-refractivity contribution in [3.63, 3.8) is 0 Å². The highest BCUT2D eigenvalue weighted by Gasteiger charge is 2.25. The molecule has 0 spiro atoms. The molecule has 0 saturated carbocycles. The molecule has 0 fully saturated rings. The van der Waals surface area contributed by atoms with Gasteiger partial charge in [0.25, 0.3) is 0 Å². The van der Waals surface area contributed by atoms with Gasteiger partial charge in [0, 0.05) is 5.54 Å². The van der Waals surface area contributed by atoms with Gasteiger partial charge >= 0.3 is 0 Å². The fourth-order valence-corrected chi connectivity index (χ4v) is 2.38. The molecule has 1 rings (SSSR count). The van der Waals surface area contributed by atoms with Gasteiger partial charge in [0.2, 0.25) is 0 Å². The summed E-state index contributed by atoms with van der Waals surface area (Å²) in [6.07, 6.45) is 0.968. The summed E-state index contributed by atoms with van der Waals surface area (Å²) in [6, 6.07) is 4.85. The lowest BCUT2D eigenvalue weighted by Crippen LogP contribution is -2.35. The van der Waals surface area contributed by atoms with Gasteiger partial charge in [-0.25, -0.2) is 4.39 Å². The number of nitrogen functional groups attached to an aromatic ring is 1. The van der Waals surface area contributed by atoms with Crippen LogP contribution in [-0.4, -0.2) is 5.54 Å². The summed E-state index contributed by atoms with van der Waals surface area (Å²) in [4.78, 5) is 0. The number of rotatable bonds is 3. The van der Waals surface area contributed by atoms with E-state index < -0.39 is 0 Å². The number of nitrogens with two attached hydrogens (primary N) is 1. The average molecular weight is 238 g/mol. The topological polar surface area (TPSA) is 38.0 Å². The van der Waals surface area contributed by atoms with Crippen LogP contribution in [-0.2, 0) is 0 Å². The van der Waals surface area contributed by atoms with Crippen molar-refractivity contribution in [3.8, 4) is 0 Å². The molecule has 0 heterocycles. The lowest BCUT2D eigenvalue weighted by Gasteiger charge is -2.34. The van der Waals surface area contributed by atoms with E-state index in [-0.39, 0.29) is 22.5 Å². The van der Waals surface area contributed by atoms with Crippen molar-refractivity contribution in [2.24, 2.45) is 5.41 Å². The number of halogens is 1. The van der Waals surface area contributed by atoms with Crippen molar-refractivity contribution in [1.82, 2.24) is 0 Å². The van der Waals surface area contributed by atoms with E-state index in [2.05, 4.69) is 39.9 Å². The summed E-state index contributed by atoms with van der Waals surface area (Å²) in [5, 5.41) is 3.32. The largest absolute Gasteiger partial charge is 0.395 e. The number of hydrogen-bond acceptors (Lipinski definition) is 2. The summed E-state index contributed by atoms with van der Waals surface area (Å²) >= 11 is 0. The van der Waals surface area contributed by atoms with Crippen LogP contribution >= 0.6 is 0 Å². The van der Waals surface area contributed by atoms with E-state index >= 15 is 0 Å². The molecule has 0 aliphatic heterocycles. The van der Waals surface area contributed by atoms with E-state index in [0.717, 1.165) is 6.42 Å². The fourth-order valence-electron chi connectivity index (χ4n) is 2.38.